The zero-order valence-electron chi connectivity index (χ0n) is 11.2. The van der Waals surface area contributed by atoms with Crippen LogP contribution in [0.25, 0.3) is 0 Å². The molecule has 0 radical (unpaired) electrons. The summed E-state index contributed by atoms with van der Waals surface area (Å²) in [7, 11) is 0. The maximum absolute atomic E-state index is 3.62. The summed E-state index contributed by atoms with van der Waals surface area (Å²) in [4.78, 5) is 2.53. The molecule has 1 heterocycles. The Morgan fingerprint density at radius 3 is 2.68 bits per heavy atom. The van der Waals surface area contributed by atoms with E-state index in [1.807, 2.05) is 0 Å². The molecule has 0 atom stereocenters. The van der Waals surface area contributed by atoms with Crippen LogP contribution in [0.3, 0.4) is 0 Å². The third kappa shape index (κ3) is 2.90. The molecule has 2 aromatic carbocycles. The van der Waals surface area contributed by atoms with Gasteiger partial charge in [-0.3, -0.25) is 4.90 Å². The summed E-state index contributed by atoms with van der Waals surface area (Å²) in [5.74, 6) is 0. The summed E-state index contributed by atoms with van der Waals surface area (Å²) in [6, 6.07) is 15.5. The second-order valence-corrected chi connectivity index (χ2v) is 6.17. The summed E-state index contributed by atoms with van der Waals surface area (Å²) in [5, 5.41) is 0. The van der Waals surface area contributed by atoms with Crippen molar-refractivity contribution < 1.29 is 0 Å². The highest BCUT2D eigenvalue weighted by molar-refractivity contribution is 9.10. The number of halogens is 1. The predicted octanol–water partition coefficient (Wildman–Crippen LogP) is 4.32. The summed E-state index contributed by atoms with van der Waals surface area (Å²) in [5.41, 5.74) is 5.69. The van der Waals surface area contributed by atoms with Gasteiger partial charge in [-0.05, 0) is 41.7 Å². The van der Waals surface area contributed by atoms with Crippen LogP contribution in [0.1, 0.15) is 22.3 Å². The fourth-order valence-corrected chi connectivity index (χ4v) is 3.11. The van der Waals surface area contributed by atoms with Crippen molar-refractivity contribution >= 4 is 15.9 Å². The average Bonchev–Trinajstić information content (AvgIpc) is 2.43. The minimum absolute atomic E-state index is 1.03. The first-order valence-corrected chi connectivity index (χ1v) is 7.56. The Hall–Kier alpha value is -1.12. The van der Waals surface area contributed by atoms with Crippen molar-refractivity contribution in [2.24, 2.45) is 0 Å². The summed E-state index contributed by atoms with van der Waals surface area (Å²) in [6.45, 7) is 5.39. The molecule has 0 saturated carbocycles. The van der Waals surface area contributed by atoms with E-state index in [0.29, 0.717) is 0 Å². The molecule has 0 unspecified atom stereocenters. The first-order valence-electron chi connectivity index (χ1n) is 6.76. The lowest BCUT2D eigenvalue weighted by atomic mass is 9.99. The van der Waals surface area contributed by atoms with Crippen LogP contribution in [0.4, 0.5) is 0 Å². The van der Waals surface area contributed by atoms with Crippen LogP contribution < -0.4 is 0 Å². The first-order chi connectivity index (χ1) is 9.22. The van der Waals surface area contributed by atoms with Gasteiger partial charge in [0, 0.05) is 24.1 Å². The highest BCUT2D eigenvalue weighted by Crippen LogP contribution is 2.22. The molecule has 19 heavy (non-hydrogen) atoms. The largest absolute Gasteiger partial charge is 0.294 e. The molecule has 1 aliphatic rings. The van der Waals surface area contributed by atoms with Crippen LogP contribution in [0.15, 0.2) is 46.9 Å². The molecular weight excluding hydrogens is 298 g/mol. The number of nitrogens with zero attached hydrogens (tertiary/aromatic N) is 1. The Labute approximate surface area is 123 Å². The smallest absolute Gasteiger partial charge is 0.0240 e. The van der Waals surface area contributed by atoms with Crippen LogP contribution in [-0.4, -0.2) is 11.4 Å². The fraction of sp³-hybridized carbons (Fsp3) is 0.294. The van der Waals surface area contributed by atoms with E-state index in [0.717, 1.165) is 19.6 Å². The van der Waals surface area contributed by atoms with Crippen molar-refractivity contribution in [3.8, 4) is 0 Å². The first kappa shape index (κ1) is 12.9. The van der Waals surface area contributed by atoms with Gasteiger partial charge in [0.15, 0.2) is 0 Å². The molecule has 1 aliphatic heterocycles. The topological polar surface area (TPSA) is 3.24 Å². The number of benzene rings is 2. The zero-order chi connectivity index (χ0) is 13.2. The van der Waals surface area contributed by atoms with Gasteiger partial charge in [-0.25, -0.2) is 0 Å². The Bertz CT molecular complexity index is 592. The lowest BCUT2D eigenvalue weighted by Crippen LogP contribution is -2.29. The molecule has 0 amide bonds. The van der Waals surface area contributed by atoms with Gasteiger partial charge in [-0.2, -0.15) is 0 Å². The summed E-state index contributed by atoms with van der Waals surface area (Å²) in [6.07, 6.45) is 1.17. The van der Waals surface area contributed by atoms with Crippen molar-refractivity contribution in [1.29, 1.82) is 0 Å². The van der Waals surface area contributed by atoms with Gasteiger partial charge in [0.05, 0.1) is 0 Å². The molecule has 0 saturated heterocycles. The maximum Gasteiger partial charge on any atom is 0.0240 e. The molecule has 0 N–H and O–H groups in total. The molecule has 2 heteroatoms. The Morgan fingerprint density at radius 1 is 1.11 bits per heavy atom. The van der Waals surface area contributed by atoms with Crippen molar-refractivity contribution in [2.45, 2.75) is 26.4 Å². The highest BCUT2D eigenvalue weighted by atomic mass is 79.9. The van der Waals surface area contributed by atoms with Crippen LogP contribution in [0, 0.1) is 6.92 Å². The molecule has 0 fully saturated rings. The third-order valence-corrected chi connectivity index (χ3v) is 4.71. The van der Waals surface area contributed by atoms with Crippen LogP contribution >= 0.6 is 15.9 Å². The van der Waals surface area contributed by atoms with Gasteiger partial charge < -0.3 is 0 Å². The van der Waals surface area contributed by atoms with Gasteiger partial charge in [-0.15, -0.1) is 0 Å². The van der Waals surface area contributed by atoms with E-state index in [1.54, 1.807) is 0 Å². The predicted molar refractivity (Wildman–Crippen MR) is 83.1 cm³/mol. The zero-order valence-corrected chi connectivity index (χ0v) is 12.8. The maximum atomic E-state index is 3.62. The summed E-state index contributed by atoms with van der Waals surface area (Å²) >= 11 is 3.62. The third-order valence-electron chi connectivity index (χ3n) is 3.85. The van der Waals surface area contributed by atoms with Crippen LogP contribution in [0.2, 0.25) is 0 Å². The molecule has 1 nitrogen and oxygen atoms in total. The number of hydrogen-bond donors (Lipinski definition) is 0. The molecular formula is C17H18BrN. The SMILES string of the molecule is Cc1ccc(CN2CCc3ccccc3C2)cc1Br. The standard InChI is InChI=1S/C17H18BrN/c1-13-6-7-14(10-17(13)18)11-19-9-8-15-4-2-3-5-16(15)12-19/h2-7,10H,8-9,11-12H2,1H3. The molecule has 98 valence electrons. The van der Waals surface area contributed by atoms with Crippen LogP contribution in [0.5, 0.6) is 0 Å². The lowest BCUT2D eigenvalue weighted by Gasteiger charge is -2.28. The Balaban J connectivity index is 1.73. The van der Waals surface area contributed by atoms with E-state index in [9.17, 15) is 0 Å². The summed E-state index contributed by atoms with van der Waals surface area (Å²) < 4.78 is 1.21. The minimum atomic E-state index is 1.03. The minimum Gasteiger partial charge on any atom is -0.294 e. The van der Waals surface area contributed by atoms with E-state index < -0.39 is 0 Å². The Kier molecular flexibility index (Phi) is 3.72. The molecule has 0 aliphatic carbocycles. The molecule has 3 rings (SSSR count). The van der Waals surface area contributed by atoms with E-state index in [-0.39, 0.29) is 0 Å². The van der Waals surface area contributed by atoms with E-state index >= 15 is 0 Å². The van der Waals surface area contributed by atoms with Gasteiger partial charge in [-0.1, -0.05) is 52.3 Å². The van der Waals surface area contributed by atoms with Gasteiger partial charge in [0.25, 0.3) is 0 Å². The molecule has 0 spiro atoms. The number of rotatable bonds is 2. The highest BCUT2D eigenvalue weighted by Gasteiger charge is 2.15. The van der Waals surface area contributed by atoms with E-state index in [4.69, 9.17) is 0 Å². The van der Waals surface area contributed by atoms with Crippen molar-refractivity contribution in [2.75, 3.05) is 6.54 Å². The Morgan fingerprint density at radius 2 is 1.89 bits per heavy atom. The van der Waals surface area contributed by atoms with Gasteiger partial charge in [0.1, 0.15) is 0 Å². The van der Waals surface area contributed by atoms with Crippen LogP contribution in [-0.2, 0) is 19.5 Å². The quantitative estimate of drug-likeness (QED) is 0.798. The average molecular weight is 316 g/mol. The normalized spacial score (nSPS) is 15.3. The fourth-order valence-electron chi connectivity index (χ4n) is 2.68. The number of aryl methyl sites for hydroxylation is 1. The second kappa shape index (κ2) is 5.48. The number of fused-ring (bicyclic) bond motifs is 1. The van der Waals surface area contributed by atoms with Crippen molar-refractivity contribution in [1.82, 2.24) is 4.90 Å². The van der Waals surface area contributed by atoms with Gasteiger partial charge >= 0.3 is 0 Å². The van der Waals surface area contributed by atoms with E-state index in [1.165, 1.54) is 33.1 Å². The molecule has 2 aromatic rings. The molecule has 0 aromatic heterocycles. The monoisotopic (exact) mass is 315 g/mol. The van der Waals surface area contributed by atoms with E-state index in [2.05, 4.69) is 70.2 Å². The second-order valence-electron chi connectivity index (χ2n) is 5.31. The van der Waals surface area contributed by atoms with Gasteiger partial charge in [0.2, 0.25) is 0 Å². The van der Waals surface area contributed by atoms with Crippen molar-refractivity contribution in [3.63, 3.8) is 0 Å². The lowest BCUT2D eigenvalue weighted by molar-refractivity contribution is 0.245. The van der Waals surface area contributed by atoms with Crippen molar-refractivity contribution in [3.05, 3.63) is 69.2 Å². The number of hydrogen-bond acceptors (Lipinski definition) is 1. The molecule has 0 bridgehead atoms.